The number of esters is 1. The number of carbonyl (C=O) groups is 2. The first kappa shape index (κ1) is 21.1. The highest BCUT2D eigenvalue weighted by atomic mass is 32.2. The molecule has 0 unspecified atom stereocenters. The Bertz CT molecular complexity index is 667. The highest BCUT2D eigenvalue weighted by Gasteiger charge is 2.21. The van der Waals surface area contributed by atoms with Crippen LogP contribution in [0.5, 0.6) is 0 Å². The zero-order valence-corrected chi connectivity index (χ0v) is 15.8. The number of hydrogen-bond acceptors (Lipinski definition) is 5. The van der Waals surface area contributed by atoms with E-state index in [2.05, 4.69) is 5.32 Å². The third-order valence-electron chi connectivity index (χ3n) is 3.62. The molecule has 0 saturated carbocycles. The Kier molecular flexibility index (Phi) is 8.57. The van der Waals surface area contributed by atoms with Crippen molar-refractivity contribution in [1.29, 1.82) is 0 Å². The summed E-state index contributed by atoms with van der Waals surface area (Å²) in [5, 5.41) is 2.64. The molecule has 7 nitrogen and oxygen atoms in total. The molecule has 0 atom stereocenters. The largest absolute Gasteiger partial charge is 0.452 e. The highest BCUT2D eigenvalue weighted by Crippen LogP contribution is 2.16. The average molecular weight is 370 g/mol. The van der Waals surface area contributed by atoms with Gasteiger partial charge >= 0.3 is 5.97 Å². The molecule has 0 heterocycles. The van der Waals surface area contributed by atoms with Crippen LogP contribution in [0.3, 0.4) is 0 Å². The van der Waals surface area contributed by atoms with E-state index in [0.29, 0.717) is 19.6 Å². The van der Waals surface area contributed by atoms with Gasteiger partial charge in [0.15, 0.2) is 6.61 Å². The minimum Gasteiger partial charge on any atom is -0.452 e. The quantitative estimate of drug-likeness (QED) is 0.501. The highest BCUT2D eigenvalue weighted by molar-refractivity contribution is 7.89. The lowest BCUT2D eigenvalue weighted by Crippen LogP contribution is -2.30. The predicted molar refractivity (Wildman–Crippen MR) is 94.7 cm³/mol. The van der Waals surface area contributed by atoms with Gasteiger partial charge in [-0.1, -0.05) is 27.2 Å². The molecule has 140 valence electrons. The molecular formula is C17H26N2O5S. The van der Waals surface area contributed by atoms with Gasteiger partial charge in [-0.05, 0) is 30.7 Å². The molecule has 0 fully saturated rings. The van der Waals surface area contributed by atoms with Crippen molar-refractivity contribution in [2.24, 2.45) is 0 Å². The second-order valence-corrected chi connectivity index (χ2v) is 7.33. The molecule has 0 aromatic heterocycles. The second-order valence-electron chi connectivity index (χ2n) is 5.39. The van der Waals surface area contributed by atoms with Crippen molar-refractivity contribution in [1.82, 2.24) is 9.62 Å². The SMILES string of the molecule is CCCCNC(=O)COC(=O)c1ccc(S(=O)(=O)N(CC)CC)cc1. The average Bonchev–Trinajstić information content (AvgIpc) is 2.61. The van der Waals surface area contributed by atoms with Crippen LogP contribution in [0.2, 0.25) is 0 Å². The Balaban J connectivity index is 2.67. The zero-order valence-electron chi connectivity index (χ0n) is 14.9. The van der Waals surface area contributed by atoms with Crippen molar-refractivity contribution in [2.45, 2.75) is 38.5 Å². The lowest BCUT2D eigenvalue weighted by atomic mass is 10.2. The molecule has 0 radical (unpaired) electrons. The van der Waals surface area contributed by atoms with E-state index in [1.807, 2.05) is 6.92 Å². The molecule has 1 amide bonds. The summed E-state index contributed by atoms with van der Waals surface area (Å²) in [6.07, 6.45) is 1.82. The van der Waals surface area contributed by atoms with Gasteiger partial charge in [0.05, 0.1) is 10.5 Å². The molecule has 0 bridgehead atoms. The molecule has 8 heteroatoms. The number of carbonyl (C=O) groups excluding carboxylic acids is 2. The molecule has 0 aliphatic heterocycles. The van der Waals surface area contributed by atoms with Crippen LogP contribution in [-0.2, 0) is 19.6 Å². The summed E-state index contributed by atoms with van der Waals surface area (Å²) in [6.45, 7) is 6.46. The number of ether oxygens (including phenoxy) is 1. The van der Waals surface area contributed by atoms with E-state index in [-0.39, 0.29) is 23.0 Å². The number of amides is 1. The molecule has 0 spiro atoms. The smallest absolute Gasteiger partial charge is 0.338 e. The van der Waals surface area contributed by atoms with Crippen LogP contribution in [0.15, 0.2) is 29.2 Å². The van der Waals surface area contributed by atoms with Gasteiger partial charge in [-0.2, -0.15) is 4.31 Å². The second kappa shape index (κ2) is 10.1. The third-order valence-corrected chi connectivity index (χ3v) is 5.68. The van der Waals surface area contributed by atoms with Gasteiger partial charge in [-0.15, -0.1) is 0 Å². The molecule has 0 aliphatic rings. The van der Waals surface area contributed by atoms with Crippen LogP contribution < -0.4 is 5.32 Å². The lowest BCUT2D eigenvalue weighted by Gasteiger charge is -2.18. The maximum Gasteiger partial charge on any atom is 0.338 e. The van der Waals surface area contributed by atoms with E-state index in [1.165, 1.54) is 28.6 Å². The van der Waals surface area contributed by atoms with E-state index < -0.39 is 16.0 Å². The number of unbranched alkanes of at least 4 members (excludes halogenated alkanes) is 1. The van der Waals surface area contributed by atoms with Crippen molar-refractivity contribution in [3.63, 3.8) is 0 Å². The Morgan fingerprint density at radius 1 is 1.08 bits per heavy atom. The van der Waals surface area contributed by atoms with Crippen molar-refractivity contribution in [2.75, 3.05) is 26.2 Å². The predicted octanol–water partition coefficient (Wildman–Crippen LogP) is 1.79. The van der Waals surface area contributed by atoms with Crippen LogP contribution in [0.4, 0.5) is 0 Å². The van der Waals surface area contributed by atoms with Crippen LogP contribution in [0, 0.1) is 0 Å². The first-order valence-electron chi connectivity index (χ1n) is 8.40. The lowest BCUT2D eigenvalue weighted by molar-refractivity contribution is -0.124. The van der Waals surface area contributed by atoms with E-state index in [1.54, 1.807) is 13.8 Å². The summed E-state index contributed by atoms with van der Waals surface area (Å²) in [5.41, 5.74) is 0.194. The molecule has 1 rings (SSSR count). The van der Waals surface area contributed by atoms with Gasteiger partial charge in [0.25, 0.3) is 5.91 Å². The number of nitrogens with one attached hydrogen (secondary N) is 1. The molecule has 0 aliphatic carbocycles. The maximum absolute atomic E-state index is 12.4. The first-order chi connectivity index (χ1) is 11.9. The third kappa shape index (κ3) is 6.13. The number of rotatable bonds is 10. The summed E-state index contributed by atoms with van der Waals surface area (Å²) in [6, 6.07) is 5.50. The molecule has 25 heavy (non-hydrogen) atoms. The van der Waals surface area contributed by atoms with Crippen LogP contribution in [0.1, 0.15) is 44.0 Å². The van der Waals surface area contributed by atoms with Gasteiger partial charge in [-0.25, -0.2) is 13.2 Å². The van der Waals surface area contributed by atoms with Gasteiger partial charge in [0.1, 0.15) is 0 Å². The van der Waals surface area contributed by atoms with Crippen molar-refractivity contribution in [3.8, 4) is 0 Å². The summed E-state index contributed by atoms with van der Waals surface area (Å²) < 4.78 is 31.0. The molecule has 1 aromatic carbocycles. The number of sulfonamides is 1. The van der Waals surface area contributed by atoms with Gasteiger partial charge < -0.3 is 10.1 Å². The maximum atomic E-state index is 12.4. The normalized spacial score (nSPS) is 11.4. The minimum atomic E-state index is -3.57. The van der Waals surface area contributed by atoms with Crippen LogP contribution >= 0.6 is 0 Å². The Morgan fingerprint density at radius 3 is 2.20 bits per heavy atom. The Hall–Kier alpha value is -1.93. The minimum absolute atomic E-state index is 0.116. The van der Waals surface area contributed by atoms with Crippen molar-refractivity contribution >= 4 is 21.9 Å². The Morgan fingerprint density at radius 2 is 1.68 bits per heavy atom. The zero-order chi connectivity index (χ0) is 18.9. The summed E-state index contributed by atoms with van der Waals surface area (Å²) >= 11 is 0. The number of benzene rings is 1. The van der Waals surface area contributed by atoms with Crippen LogP contribution in [0.25, 0.3) is 0 Å². The van der Waals surface area contributed by atoms with E-state index in [9.17, 15) is 18.0 Å². The first-order valence-corrected chi connectivity index (χ1v) is 9.84. The van der Waals surface area contributed by atoms with Crippen molar-refractivity contribution < 1.29 is 22.7 Å². The molecule has 1 N–H and O–H groups in total. The molecule has 1 aromatic rings. The fourth-order valence-corrected chi connectivity index (χ4v) is 3.60. The monoisotopic (exact) mass is 370 g/mol. The summed E-state index contributed by atoms with van der Waals surface area (Å²) in [5.74, 6) is -1.03. The standard InChI is InChI=1S/C17H26N2O5S/c1-4-7-12-18-16(20)13-24-17(21)14-8-10-15(11-9-14)25(22,23)19(5-2)6-3/h8-11H,4-7,12-13H2,1-3H3,(H,18,20). The molecule has 0 saturated heterocycles. The topological polar surface area (TPSA) is 92.8 Å². The molecular weight excluding hydrogens is 344 g/mol. The number of nitrogens with zero attached hydrogens (tertiary/aromatic N) is 1. The fourth-order valence-electron chi connectivity index (χ4n) is 2.15. The van der Waals surface area contributed by atoms with Gasteiger partial charge in [0, 0.05) is 19.6 Å². The van der Waals surface area contributed by atoms with Gasteiger partial charge in [-0.3, -0.25) is 4.79 Å². The van der Waals surface area contributed by atoms with E-state index in [4.69, 9.17) is 4.74 Å². The Labute approximate surface area is 149 Å². The van der Waals surface area contributed by atoms with E-state index >= 15 is 0 Å². The summed E-state index contributed by atoms with van der Waals surface area (Å²) in [4.78, 5) is 23.5. The van der Waals surface area contributed by atoms with Crippen molar-refractivity contribution in [3.05, 3.63) is 29.8 Å². The van der Waals surface area contributed by atoms with Crippen LogP contribution in [-0.4, -0.2) is 50.8 Å². The van der Waals surface area contributed by atoms with E-state index in [0.717, 1.165) is 12.8 Å². The van der Waals surface area contributed by atoms with Gasteiger partial charge in [0.2, 0.25) is 10.0 Å². The fraction of sp³-hybridized carbons (Fsp3) is 0.529. The number of hydrogen-bond donors (Lipinski definition) is 1. The summed E-state index contributed by atoms with van der Waals surface area (Å²) in [7, 11) is -3.57.